The minimum atomic E-state index is -4.56. The van der Waals surface area contributed by atoms with Crippen LogP contribution in [0.4, 0.5) is 18.9 Å². The SMILES string of the molecule is COc1cc2c(cc1OC)C(C)N(C1CC(=O)N(c3cccc(C(F)(F)F)c3)C1=O)CC2. The Balaban J connectivity index is 1.62. The largest absolute Gasteiger partial charge is 0.493 e. The Labute approximate surface area is 183 Å². The van der Waals surface area contributed by atoms with Gasteiger partial charge >= 0.3 is 6.18 Å². The van der Waals surface area contributed by atoms with Gasteiger partial charge in [-0.2, -0.15) is 13.2 Å². The minimum Gasteiger partial charge on any atom is -0.493 e. The number of alkyl halides is 3. The third kappa shape index (κ3) is 3.70. The number of hydrogen-bond donors (Lipinski definition) is 0. The Morgan fingerprint density at radius 1 is 1.03 bits per heavy atom. The fourth-order valence-corrected chi connectivity index (χ4v) is 4.56. The number of anilines is 1. The van der Waals surface area contributed by atoms with Gasteiger partial charge < -0.3 is 9.47 Å². The van der Waals surface area contributed by atoms with E-state index in [9.17, 15) is 22.8 Å². The number of methoxy groups -OCH3 is 2. The van der Waals surface area contributed by atoms with Gasteiger partial charge in [-0.15, -0.1) is 0 Å². The fraction of sp³-hybridized carbons (Fsp3) is 0.391. The van der Waals surface area contributed by atoms with Crippen molar-refractivity contribution >= 4 is 17.5 Å². The first kappa shape index (κ1) is 22.1. The Bertz CT molecular complexity index is 1070. The van der Waals surface area contributed by atoms with Crippen molar-refractivity contribution in [2.24, 2.45) is 0 Å². The first-order chi connectivity index (χ1) is 15.2. The first-order valence-corrected chi connectivity index (χ1v) is 10.2. The lowest BCUT2D eigenvalue weighted by Crippen LogP contribution is -2.46. The van der Waals surface area contributed by atoms with E-state index >= 15 is 0 Å². The Morgan fingerprint density at radius 3 is 2.38 bits per heavy atom. The fourth-order valence-electron chi connectivity index (χ4n) is 4.56. The van der Waals surface area contributed by atoms with Gasteiger partial charge in [-0.05, 0) is 54.8 Å². The molecule has 2 amide bonds. The van der Waals surface area contributed by atoms with Crippen molar-refractivity contribution in [1.82, 2.24) is 4.90 Å². The van der Waals surface area contributed by atoms with Crippen LogP contribution in [-0.4, -0.2) is 43.5 Å². The summed E-state index contributed by atoms with van der Waals surface area (Å²) in [5, 5.41) is 0. The van der Waals surface area contributed by atoms with Crippen LogP contribution in [0, 0.1) is 0 Å². The van der Waals surface area contributed by atoms with Gasteiger partial charge in [-0.25, -0.2) is 4.90 Å². The van der Waals surface area contributed by atoms with E-state index in [1.807, 2.05) is 24.0 Å². The van der Waals surface area contributed by atoms with Crippen LogP contribution in [0.3, 0.4) is 0 Å². The molecule has 0 bridgehead atoms. The van der Waals surface area contributed by atoms with Crippen molar-refractivity contribution in [2.45, 2.75) is 38.0 Å². The van der Waals surface area contributed by atoms with Crippen molar-refractivity contribution < 1.29 is 32.2 Å². The number of carbonyl (C=O) groups is 2. The molecule has 0 N–H and O–H groups in total. The van der Waals surface area contributed by atoms with Gasteiger partial charge in [-0.3, -0.25) is 14.5 Å². The molecule has 4 rings (SSSR count). The third-order valence-electron chi connectivity index (χ3n) is 6.19. The lowest BCUT2D eigenvalue weighted by Gasteiger charge is -2.38. The molecule has 0 aliphatic carbocycles. The smallest absolute Gasteiger partial charge is 0.416 e. The van der Waals surface area contributed by atoms with Gasteiger partial charge in [0.1, 0.15) is 0 Å². The van der Waals surface area contributed by atoms with Gasteiger partial charge in [0, 0.05) is 12.6 Å². The van der Waals surface area contributed by atoms with Crippen LogP contribution in [0.1, 0.15) is 36.1 Å². The standard InChI is InChI=1S/C23H23F3N2O4/c1-13-17-11-20(32-3)19(31-2)9-14(17)7-8-27(13)18-12-21(29)28(22(18)30)16-6-4-5-15(10-16)23(24,25)26/h4-6,9-11,13,18H,7-8,12H2,1-3H3. The first-order valence-electron chi connectivity index (χ1n) is 10.2. The number of rotatable bonds is 4. The molecule has 170 valence electrons. The van der Waals surface area contributed by atoms with Crippen LogP contribution >= 0.6 is 0 Å². The van der Waals surface area contributed by atoms with E-state index < -0.39 is 29.6 Å². The van der Waals surface area contributed by atoms with Crippen molar-refractivity contribution in [1.29, 1.82) is 0 Å². The van der Waals surface area contributed by atoms with Crippen molar-refractivity contribution in [3.63, 3.8) is 0 Å². The van der Waals surface area contributed by atoms with Gasteiger partial charge in [0.15, 0.2) is 11.5 Å². The van der Waals surface area contributed by atoms with E-state index in [0.29, 0.717) is 24.5 Å². The number of amides is 2. The van der Waals surface area contributed by atoms with Crippen LogP contribution in [-0.2, 0) is 22.2 Å². The summed E-state index contributed by atoms with van der Waals surface area (Å²) in [7, 11) is 3.11. The topological polar surface area (TPSA) is 59.1 Å². The van der Waals surface area contributed by atoms with Crippen molar-refractivity contribution in [2.75, 3.05) is 25.7 Å². The highest BCUT2D eigenvalue weighted by molar-refractivity contribution is 6.22. The second-order valence-corrected chi connectivity index (χ2v) is 7.91. The third-order valence-corrected chi connectivity index (χ3v) is 6.19. The predicted molar refractivity (Wildman–Crippen MR) is 111 cm³/mol. The van der Waals surface area contributed by atoms with Crippen LogP contribution in [0.2, 0.25) is 0 Å². The predicted octanol–water partition coefficient (Wildman–Crippen LogP) is 3.97. The molecular weight excluding hydrogens is 425 g/mol. The number of imide groups is 1. The molecule has 2 heterocycles. The van der Waals surface area contributed by atoms with Gasteiger partial charge in [0.05, 0.1) is 37.9 Å². The molecule has 1 saturated heterocycles. The summed E-state index contributed by atoms with van der Waals surface area (Å²) in [6.45, 7) is 2.47. The Hall–Kier alpha value is -3.07. The molecule has 2 atom stereocenters. The minimum absolute atomic E-state index is 0.0613. The molecule has 0 aromatic heterocycles. The van der Waals surface area contributed by atoms with Crippen LogP contribution in [0.15, 0.2) is 36.4 Å². The molecule has 2 aromatic carbocycles. The number of carbonyl (C=O) groups excluding carboxylic acids is 2. The molecular formula is C23H23F3N2O4. The molecule has 2 aliphatic rings. The number of benzene rings is 2. The molecule has 2 unspecified atom stereocenters. The highest BCUT2D eigenvalue weighted by Crippen LogP contribution is 2.40. The zero-order chi connectivity index (χ0) is 23.2. The van der Waals surface area contributed by atoms with E-state index in [2.05, 4.69) is 0 Å². The number of ether oxygens (including phenoxy) is 2. The summed E-state index contributed by atoms with van der Waals surface area (Å²) in [5.41, 5.74) is 1.07. The Morgan fingerprint density at radius 2 is 1.72 bits per heavy atom. The number of halogens is 3. The molecule has 1 fully saturated rings. The summed E-state index contributed by atoms with van der Waals surface area (Å²) in [6, 6.07) is 7.15. The molecule has 32 heavy (non-hydrogen) atoms. The van der Waals surface area contributed by atoms with E-state index in [4.69, 9.17) is 9.47 Å². The van der Waals surface area contributed by atoms with Gasteiger partial charge in [-0.1, -0.05) is 6.07 Å². The summed E-state index contributed by atoms with van der Waals surface area (Å²) < 4.78 is 50.1. The van der Waals surface area contributed by atoms with Crippen LogP contribution < -0.4 is 14.4 Å². The maximum atomic E-state index is 13.2. The molecule has 2 aliphatic heterocycles. The van der Waals surface area contributed by atoms with E-state index in [-0.39, 0.29) is 18.2 Å². The normalized spacial score (nSPS) is 21.6. The number of nitrogens with zero attached hydrogens (tertiary/aromatic N) is 2. The zero-order valence-electron chi connectivity index (χ0n) is 17.9. The highest BCUT2D eigenvalue weighted by atomic mass is 19.4. The van der Waals surface area contributed by atoms with Gasteiger partial charge in [0.25, 0.3) is 5.91 Å². The lowest BCUT2D eigenvalue weighted by atomic mass is 9.91. The molecule has 6 nitrogen and oxygen atoms in total. The maximum absolute atomic E-state index is 13.2. The second kappa shape index (κ2) is 8.12. The summed E-state index contributed by atoms with van der Waals surface area (Å²) in [6.07, 6.45) is -4.00. The van der Waals surface area contributed by atoms with E-state index in [1.165, 1.54) is 12.1 Å². The average Bonchev–Trinajstić information content (AvgIpc) is 3.06. The van der Waals surface area contributed by atoms with Gasteiger partial charge in [0.2, 0.25) is 5.91 Å². The molecule has 9 heteroatoms. The molecule has 0 radical (unpaired) electrons. The van der Waals surface area contributed by atoms with E-state index in [0.717, 1.165) is 28.2 Å². The number of hydrogen-bond acceptors (Lipinski definition) is 5. The molecule has 0 saturated carbocycles. The second-order valence-electron chi connectivity index (χ2n) is 7.91. The monoisotopic (exact) mass is 448 g/mol. The van der Waals surface area contributed by atoms with E-state index in [1.54, 1.807) is 14.2 Å². The molecule has 2 aromatic rings. The summed E-state index contributed by atoms with van der Waals surface area (Å²) in [4.78, 5) is 28.7. The van der Waals surface area contributed by atoms with Crippen molar-refractivity contribution in [3.05, 3.63) is 53.1 Å². The summed E-state index contributed by atoms with van der Waals surface area (Å²) >= 11 is 0. The molecule has 0 spiro atoms. The quantitative estimate of drug-likeness (QED) is 0.663. The van der Waals surface area contributed by atoms with Crippen LogP contribution in [0.25, 0.3) is 0 Å². The maximum Gasteiger partial charge on any atom is 0.416 e. The number of fused-ring (bicyclic) bond motifs is 1. The van der Waals surface area contributed by atoms with Crippen molar-refractivity contribution in [3.8, 4) is 11.5 Å². The highest BCUT2D eigenvalue weighted by Gasteiger charge is 2.45. The van der Waals surface area contributed by atoms with Crippen LogP contribution in [0.5, 0.6) is 11.5 Å². The average molecular weight is 448 g/mol. The summed E-state index contributed by atoms with van der Waals surface area (Å²) in [5.74, 6) is 0.170. The Kier molecular flexibility index (Phi) is 5.62. The lowest BCUT2D eigenvalue weighted by molar-refractivity contribution is -0.137. The zero-order valence-corrected chi connectivity index (χ0v) is 17.9.